The van der Waals surface area contributed by atoms with Crippen LogP contribution in [-0.2, 0) is 0 Å². The Labute approximate surface area is 102 Å². The summed E-state index contributed by atoms with van der Waals surface area (Å²) in [6, 6.07) is 9.43. The number of hydrogen-bond acceptors (Lipinski definition) is 2. The zero-order valence-electron chi connectivity index (χ0n) is 7.42. The van der Waals surface area contributed by atoms with Crippen molar-refractivity contribution in [2.24, 2.45) is 0 Å². The second-order valence-electron chi connectivity index (χ2n) is 2.82. The molecule has 0 aliphatic rings. The van der Waals surface area contributed by atoms with E-state index >= 15 is 0 Å². The van der Waals surface area contributed by atoms with Crippen molar-refractivity contribution in [2.45, 2.75) is 0 Å². The summed E-state index contributed by atoms with van der Waals surface area (Å²) in [5.74, 6) is 0. The molecule has 0 atom stereocenters. The minimum Gasteiger partial charge on any atom is -0.205 e. The number of aromatic nitrogens is 2. The van der Waals surface area contributed by atoms with Gasteiger partial charge in [-0.25, -0.2) is 9.97 Å². The lowest BCUT2D eigenvalue weighted by molar-refractivity contribution is 1.17. The predicted octanol–water partition coefficient (Wildman–Crippen LogP) is 4.10. The first kappa shape index (κ1) is 10.7. The molecule has 2 rings (SSSR count). The molecule has 5 heteroatoms. The first-order valence-electron chi connectivity index (χ1n) is 4.12. The van der Waals surface area contributed by atoms with Crippen LogP contribution in [0.2, 0.25) is 15.6 Å². The molecule has 0 saturated heterocycles. The zero-order valence-corrected chi connectivity index (χ0v) is 9.68. The van der Waals surface area contributed by atoms with Gasteiger partial charge in [0.05, 0.1) is 5.56 Å². The van der Waals surface area contributed by atoms with Crippen molar-refractivity contribution in [2.75, 3.05) is 0 Å². The molecule has 0 aliphatic heterocycles. The van der Waals surface area contributed by atoms with Crippen LogP contribution in [0.3, 0.4) is 0 Å². The second kappa shape index (κ2) is 4.35. The third kappa shape index (κ3) is 2.23. The monoisotopic (exact) mass is 258 g/mol. The van der Waals surface area contributed by atoms with Gasteiger partial charge >= 0.3 is 0 Å². The van der Waals surface area contributed by atoms with Gasteiger partial charge in [-0.3, -0.25) is 0 Å². The topological polar surface area (TPSA) is 25.8 Å². The lowest BCUT2D eigenvalue weighted by Crippen LogP contribution is -1.90. The average molecular weight is 260 g/mol. The molecular formula is C10H5Cl3N2. The van der Waals surface area contributed by atoms with Crippen LogP contribution in [0.4, 0.5) is 0 Å². The number of rotatable bonds is 1. The van der Waals surface area contributed by atoms with Crippen LogP contribution in [0.25, 0.3) is 11.1 Å². The standard InChI is InChI=1S/C10H5Cl3N2/c11-8-7(6-4-2-1-3-5-6)9(12)15-10(13)14-8/h1-5H. The fraction of sp³-hybridized carbons (Fsp3) is 0. The number of nitrogens with zero attached hydrogens (tertiary/aromatic N) is 2. The van der Waals surface area contributed by atoms with Crippen molar-refractivity contribution < 1.29 is 0 Å². The maximum absolute atomic E-state index is 5.95. The van der Waals surface area contributed by atoms with Gasteiger partial charge in [-0.2, -0.15) is 0 Å². The van der Waals surface area contributed by atoms with E-state index in [0.717, 1.165) is 5.56 Å². The van der Waals surface area contributed by atoms with Gasteiger partial charge in [-0.15, -0.1) is 0 Å². The number of benzene rings is 1. The van der Waals surface area contributed by atoms with Gasteiger partial charge in [0.25, 0.3) is 0 Å². The van der Waals surface area contributed by atoms with Gasteiger partial charge in [-0.05, 0) is 17.2 Å². The molecule has 1 aromatic carbocycles. The summed E-state index contributed by atoms with van der Waals surface area (Å²) in [7, 11) is 0. The van der Waals surface area contributed by atoms with Gasteiger partial charge in [0.2, 0.25) is 5.28 Å². The van der Waals surface area contributed by atoms with E-state index in [0.29, 0.717) is 5.56 Å². The Bertz CT molecular complexity index is 462. The Balaban J connectivity index is 2.64. The van der Waals surface area contributed by atoms with Crippen molar-refractivity contribution in [1.29, 1.82) is 0 Å². The van der Waals surface area contributed by atoms with E-state index in [2.05, 4.69) is 9.97 Å². The summed E-state index contributed by atoms with van der Waals surface area (Å²) in [6.07, 6.45) is 0. The highest BCUT2D eigenvalue weighted by molar-refractivity contribution is 6.39. The molecule has 0 fully saturated rings. The zero-order chi connectivity index (χ0) is 10.8. The SMILES string of the molecule is Clc1nc(Cl)c(-c2ccccc2)c(Cl)n1. The highest BCUT2D eigenvalue weighted by Crippen LogP contribution is 2.32. The highest BCUT2D eigenvalue weighted by Gasteiger charge is 2.12. The van der Waals surface area contributed by atoms with E-state index in [9.17, 15) is 0 Å². The minimum atomic E-state index is 0.0460. The van der Waals surface area contributed by atoms with Gasteiger partial charge in [0.1, 0.15) is 10.3 Å². The molecule has 0 amide bonds. The van der Waals surface area contributed by atoms with E-state index in [4.69, 9.17) is 34.8 Å². The van der Waals surface area contributed by atoms with Crippen molar-refractivity contribution in [3.05, 3.63) is 45.9 Å². The molecule has 0 unspecified atom stereocenters. The molecule has 0 bridgehead atoms. The van der Waals surface area contributed by atoms with Gasteiger partial charge in [0, 0.05) is 0 Å². The van der Waals surface area contributed by atoms with Crippen LogP contribution < -0.4 is 0 Å². The molecule has 0 aliphatic carbocycles. The second-order valence-corrected chi connectivity index (χ2v) is 3.87. The molecule has 0 spiro atoms. The molecular weight excluding hydrogens is 254 g/mol. The fourth-order valence-corrected chi connectivity index (χ4v) is 2.09. The number of hydrogen-bond donors (Lipinski definition) is 0. The van der Waals surface area contributed by atoms with Crippen LogP contribution in [0.5, 0.6) is 0 Å². The minimum absolute atomic E-state index is 0.0460. The van der Waals surface area contributed by atoms with E-state index in [1.165, 1.54) is 0 Å². The van der Waals surface area contributed by atoms with Crippen molar-refractivity contribution >= 4 is 34.8 Å². The fourth-order valence-electron chi connectivity index (χ4n) is 1.23. The first-order chi connectivity index (χ1) is 7.18. The molecule has 0 radical (unpaired) electrons. The summed E-state index contributed by atoms with van der Waals surface area (Å²) in [5.41, 5.74) is 1.47. The molecule has 15 heavy (non-hydrogen) atoms. The van der Waals surface area contributed by atoms with E-state index < -0.39 is 0 Å². The van der Waals surface area contributed by atoms with Crippen molar-refractivity contribution in [3.8, 4) is 11.1 Å². The third-order valence-corrected chi connectivity index (χ3v) is 2.57. The molecule has 2 nitrogen and oxygen atoms in total. The predicted molar refractivity (Wildman–Crippen MR) is 62.5 cm³/mol. The molecule has 1 aromatic heterocycles. The normalized spacial score (nSPS) is 10.3. The van der Waals surface area contributed by atoms with E-state index in [1.807, 2.05) is 30.3 Å². The van der Waals surface area contributed by atoms with Gasteiger partial charge in [-0.1, -0.05) is 53.5 Å². The first-order valence-corrected chi connectivity index (χ1v) is 5.26. The largest absolute Gasteiger partial charge is 0.225 e. The molecule has 1 heterocycles. The van der Waals surface area contributed by atoms with Gasteiger partial charge < -0.3 is 0 Å². The van der Waals surface area contributed by atoms with Crippen LogP contribution in [-0.4, -0.2) is 9.97 Å². The molecule has 0 N–H and O–H groups in total. The number of halogens is 3. The summed E-state index contributed by atoms with van der Waals surface area (Å²) >= 11 is 17.5. The quantitative estimate of drug-likeness (QED) is 0.569. The smallest absolute Gasteiger partial charge is 0.205 e. The average Bonchev–Trinajstić information content (AvgIpc) is 2.17. The Kier molecular flexibility index (Phi) is 3.10. The third-order valence-electron chi connectivity index (χ3n) is 1.86. The summed E-state index contributed by atoms with van der Waals surface area (Å²) in [6.45, 7) is 0. The van der Waals surface area contributed by atoms with Crippen LogP contribution >= 0.6 is 34.8 Å². The van der Waals surface area contributed by atoms with Crippen LogP contribution in [0.1, 0.15) is 0 Å². The van der Waals surface area contributed by atoms with Crippen LogP contribution in [0.15, 0.2) is 30.3 Å². The summed E-state index contributed by atoms with van der Waals surface area (Å²) < 4.78 is 0. The van der Waals surface area contributed by atoms with E-state index in [-0.39, 0.29) is 15.6 Å². The Morgan fingerprint density at radius 1 is 0.800 bits per heavy atom. The maximum Gasteiger partial charge on any atom is 0.225 e. The Hall–Kier alpha value is -0.830. The van der Waals surface area contributed by atoms with Crippen molar-refractivity contribution in [3.63, 3.8) is 0 Å². The molecule has 0 saturated carbocycles. The van der Waals surface area contributed by atoms with Gasteiger partial charge in [0.15, 0.2) is 0 Å². The maximum atomic E-state index is 5.95. The highest BCUT2D eigenvalue weighted by atomic mass is 35.5. The van der Waals surface area contributed by atoms with Crippen LogP contribution in [0, 0.1) is 0 Å². The Morgan fingerprint density at radius 2 is 1.33 bits per heavy atom. The van der Waals surface area contributed by atoms with E-state index in [1.54, 1.807) is 0 Å². The lowest BCUT2D eigenvalue weighted by atomic mass is 10.1. The molecule has 76 valence electrons. The van der Waals surface area contributed by atoms with Crippen molar-refractivity contribution in [1.82, 2.24) is 9.97 Å². The Morgan fingerprint density at radius 3 is 1.87 bits per heavy atom. The summed E-state index contributed by atoms with van der Waals surface area (Å²) in [4.78, 5) is 7.69. The molecule has 2 aromatic rings. The lowest BCUT2D eigenvalue weighted by Gasteiger charge is -2.05. The summed E-state index contributed by atoms with van der Waals surface area (Å²) in [5, 5.41) is 0.557.